The Labute approximate surface area is 297 Å². The number of aryl methyl sites for hydroxylation is 1. The summed E-state index contributed by atoms with van der Waals surface area (Å²) in [5, 5.41) is 13.2. The lowest BCUT2D eigenvalue weighted by Gasteiger charge is -2.26. The summed E-state index contributed by atoms with van der Waals surface area (Å²) in [5.41, 5.74) is 3.43. The Bertz CT molecular complexity index is 2010. The van der Waals surface area contributed by atoms with Crippen LogP contribution in [0.4, 0.5) is 22.6 Å². The van der Waals surface area contributed by atoms with Gasteiger partial charge in [-0.05, 0) is 47.9 Å². The molecule has 13 nitrogen and oxygen atoms in total. The Hall–Kier alpha value is -6.02. The number of benzene rings is 4. The second-order valence-corrected chi connectivity index (χ2v) is 14.0. The predicted molar refractivity (Wildman–Crippen MR) is 194 cm³/mol. The molecule has 2 N–H and O–H groups in total. The summed E-state index contributed by atoms with van der Waals surface area (Å²) in [6.45, 7) is 2.58. The van der Waals surface area contributed by atoms with Gasteiger partial charge in [0.15, 0.2) is 0 Å². The van der Waals surface area contributed by atoms with Crippen LogP contribution >= 0.6 is 0 Å². The van der Waals surface area contributed by atoms with Crippen molar-refractivity contribution in [3.63, 3.8) is 0 Å². The number of carboxylic acid groups (broad SMARTS) is 1. The SMILES string of the molecule is Cc1ccc(S(=O)(=O)N(C)c2nc(N[C@@H](Cc3ccc(OC(=O)N(C)C)cc3)C(=O)O)nc(N(Cc3ccccc3)Cc3ccccc3)n2)cc1. The van der Waals surface area contributed by atoms with Crippen LogP contribution in [0.3, 0.4) is 0 Å². The van der Waals surface area contributed by atoms with Gasteiger partial charge >= 0.3 is 12.1 Å². The highest BCUT2D eigenvalue weighted by atomic mass is 32.2. The molecule has 14 heteroatoms. The average Bonchev–Trinajstić information content (AvgIpc) is 3.12. The number of sulfonamides is 1. The summed E-state index contributed by atoms with van der Waals surface area (Å²) in [5.74, 6) is -1.08. The third-order valence-electron chi connectivity index (χ3n) is 7.82. The smallest absolute Gasteiger partial charge is 0.414 e. The summed E-state index contributed by atoms with van der Waals surface area (Å²) in [6, 6.07) is 31.0. The molecule has 0 saturated carbocycles. The van der Waals surface area contributed by atoms with Gasteiger partial charge in [0.25, 0.3) is 10.0 Å². The van der Waals surface area contributed by atoms with Gasteiger partial charge in [0.1, 0.15) is 11.8 Å². The minimum atomic E-state index is -4.12. The fraction of sp³-hybridized carbons (Fsp3) is 0.216. The van der Waals surface area contributed by atoms with E-state index in [0.717, 1.165) is 21.0 Å². The third-order valence-corrected chi connectivity index (χ3v) is 9.58. The molecule has 0 radical (unpaired) electrons. The second-order valence-electron chi connectivity index (χ2n) is 12.0. The second kappa shape index (κ2) is 16.1. The molecule has 0 saturated heterocycles. The van der Waals surface area contributed by atoms with Crippen molar-refractivity contribution in [2.45, 2.75) is 37.4 Å². The zero-order valence-electron chi connectivity index (χ0n) is 28.7. The largest absolute Gasteiger partial charge is 0.480 e. The van der Waals surface area contributed by atoms with Gasteiger partial charge in [-0.1, -0.05) is 90.5 Å². The van der Waals surface area contributed by atoms with E-state index in [4.69, 9.17) is 4.74 Å². The van der Waals surface area contributed by atoms with Crippen molar-refractivity contribution in [2.75, 3.05) is 35.7 Å². The maximum atomic E-state index is 13.8. The molecular weight excluding hydrogens is 671 g/mol. The van der Waals surface area contributed by atoms with E-state index in [2.05, 4.69) is 20.3 Å². The summed E-state index contributed by atoms with van der Waals surface area (Å²) in [4.78, 5) is 41.4. The molecule has 0 aliphatic carbocycles. The first-order valence-corrected chi connectivity index (χ1v) is 17.4. The Kier molecular flexibility index (Phi) is 11.5. The molecule has 0 fully saturated rings. The van der Waals surface area contributed by atoms with Gasteiger partial charge in [-0.3, -0.25) is 0 Å². The van der Waals surface area contributed by atoms with Gasteiger partial charge in [-0.25, -0.2) is 22.3 Å². The number of nitrogens with one attached hydrogen (secondary N) is 1. The zero-order valence-corrected chi connectivity index (χ0v) is 29.5. The molecular formula is C37H39N7O6S. The minimum Gasteiger partial charge on any atom is -0.480 e. The number of carbonyl (C=O) groups excluding carboxylic acids is 1. The molecule has 1 atom stereocenters. The van der Waals surface area contributed by atoms with E-state index < -0.39 is 28.1 Å². The first-order valence-electron chi connectivity index (χ1n) is 16.0. The molecule has 0 aliphatic rings. The van der Waals surface area contributed by atoms with E-state index in [0.29, 0.717) is 24.4 Å². The fourth-order valence-corrected chi connectivity index (χ4v) is 6.05. The van der Waals surface area contributed by atoms with Gasteiger partial charge in [0.2, 0.25) is 17.8 Å². The maximum Gasteiger partial charge on any atom is 0.414 e. The van der Waals surface area contributed by atoms with Crippen molar-refractivity contribution in [1.29, 1.82) is 0 Å². The van der Waals surface area contributed by atoms with Crippen LogP contribution in [-0.2, 0) is 34.3 Å². The Morgan fingerprint density at radius 2 is 1.29 bits per heavy atom. The Morgan fingerprint density at radius 1 is 0.745 bits per heavy atom. The number of nitrogens with zero attached hydrogens (tertiary/aromatic N) is 6. The monoisotopic (exact) mass is 709 g/mol. The number of hydrogen-bond donors (Lipinski definition) is 2. The molecule has 0 spiro atoms. The first kappa shape index (κ1) is 36.3. The van der Waals surface area contributed by atoms with Gasteiger partial charge in [-0.2, -0.15) is 15.0 Å². The molecule has 1 amide bonds. The van der Waals surface area contributed by atoms with Crippen LogP contribution < -0.4 is 19.3 Å². The van der Waals surface area contributed by atoms with E-state index in [1.54, 1.807) is 50.5 Å². The van der Waals surface area contributed by atoms with Gasteiger partial charge in [0, 0.05) is 40.7 Å². The first-order chi connectivity index (χ1) is 24.4. The summed E-state index contributed by atoms with van der Waals surface area (Å²) < 4.78 is 33.8. The Balaban J connectivity index is 1.53. The normalized spacial score (nSPS) is 11.7. The molecule has 0 aliphatic heterocycles. The number of aliphatic carboxylic acids is 1. The predicted octanol–water partition coefficient (Wildman–Crippen LogP) is 5.38. The van der Waals surface area contributed by atoms with Crippen molar-refractivity contribution in [1.82, 2.24) is 19.9 Å². The highest BCUT2D eigenvalue weighted by Crippen LogP contribution is 2.25. The quantitative estimate of drug-likeness (QED) is 0.153. The third kappa shape index (κ3) is 9.57. The number of ether oxygens (including phenoxy) is 1. The minimum absolute atomic E-state index is 0.00282. The molecule has 51 heavy (non-hydrogen) atoms. The van der Waals surface area contributed by atoms with Crippen LogP contribution in [0, 0.1) is 6.92 Å². The van der Waals surface area contributed by atoms with Crippen LogP contribution in [-0.4, -0.2) is 72.6 Å². The lowest BCUT2D eigenvalue weighted by Crippen LogP contribution is -2.34. The molecule has 0 bridgehead atoms. The van der Waals surface area contributed by atoms with Crippen LogP contribution in [0.1, 0.15) is 22.3 Å². The fourth-order valence-electron chi connectivity index (χ4n) is 4.96. The average molecular weight is 710 g/mol. The van der Waals surface area contributed by atoms with Crippen molar-refractivity contribution in [3.8, 4) is 5.75 Å². The molecule has 5 aromatic rings. The number of anilines is 3. The Morgan fingerprint density at radius 3 is 1.82 bits per heavy atom. The summed E-state index contributed by atoms with van der Waals surface area (Å²) >= 11 is 0. The van der Waals surface area contributed by atoms with Crippen molar-refractivity contribution < 1.29 is 27.9 Å². The van der Waals surface area contributed by atoms with Crippen LogP contribution in [0.5, 0.6) is 5.75 Å². The molecule has 5 rings (SSSR count). The van der Waals surface area contributed by atoms with E-state index in [-0.39, 0.29) is 29.2 Å². The number of aromatic nitrogens is 3. The molecule has 1 heterocycles. The number of carboxylic acids is 1. The van der Waals surface area contributed by atoms with Crippen molar-refractivity contribution in [2.24, 2.45) is 0 Å². The van der Waals surface area contributed by atoms with Crippen LogP contribution in [0.25, 0.3) is 0 Å². The highest BCUT2D eigenvalue weighted by Gasteiger charge is 2.27. The standard InChI is InChI=1S/C37H39N7O6S/c1-26-15-21-31(22-16-26)51(48,49)43(4)35-39-34(38-32(33(45)46)23-27-17-19-30(20-18-27)50-37(47)42(2)3)40-36(41-35)44(24-28-11-7-5-8-12-28)25-29-13-9-6-10-14-29/h5-22,32H,23-25H2,1-4H3,(H,45,46)(H,38,39,40,41)/t32-/m0/s1. The van der Waals surface area contributed by atoms with E-state index in [1.807, 2.05) is 72.5 Å². The lowest BCUT2D eigenvalue weighted by atomic mass is 10.1. The van der Waals surface area contributed by atoms with Gasteiger partial charge in [-0.15, -0.1) is 0 Å². The van der Waals surface area contributed by atoms with Crippen LogP contribution in [0.15, 0.2) is 114 Å². The van der Waals surface area contributed by atoms with Crippen LogP contribution in [0.2, 0.25) is 0 Å². The van der Waals surface area contributed by atoms with Crippen molar-refractivity contribution >= 4 is 39.9 Å². The molecule has 0 unspecified atom stereocenters. The molecule has 4 aromatic carbocycles. The topological polar surface area (TPSA) is 158 Å². The maximum absolute atomic E-state index is 13.8. The number of amides is 1. The number of carbonyl (C=O) groups is 2. The number of hydrogen-bond acceptors (Lipinski definition) is 10. The van der Waals surface area contributed by atoms with E-state index in [1.165, 1.54) is 24.1 Å². The van der Waals surface area contributed by atoms with Gasteiger partial charge in [0.05, 0.1) is 4.90 Å². The summed E-state index contributed by atoms with van der Waals surface area (Å²) in [6.07, 6.45) is -0.541. The highest BCUT2D eigenvalue weighted by molar-refractivity contribution is 7.92. The number of rotatable bonds is 14. The zero-order chi connectivity index (χ0) is 36.5. The van der Waals surface area contributed by atoms with E-state index >= 15 is 0 Å². The lowest BCUT2D eigenvalue weighted by molar-refractivity contribution is -0.137. The molecule has 1 aromatic heterocycles. The van der Waals surface area contributed by atoms with Gasteiger partial charge < -0.3 is 25.0 Å². The van der Waals surface area contributed by atoms with Crippen molar-refractivity contribution in [3.05, 3.63) is 131 Å². The molecule has 264 valence electrons. The summed E-state index contributed by atoms with van der Waals surface area (Å²) in [7, 11) is 0.356. The van der Waals surface area contributed by atoms with E-state index in [9.17, 15) is 23.1 Å².